The molecule has 26 heavy (non-hydrogen) atoms. The third kappa shape index (κ3) is 5.35. The van der Waals surface area contributed by atoms with Crippen LogP contribution in [0, 0.1) is 0 Å². The molecule has 1 fully saturated rings. The van der Waals surface area contributed by atoms with Crippen LogP contribution in [0.3, 0.4) is 0 Å². The highest BCUT2D eigenvalue weighted by Crippen LogP contribution is 2.20. The lowest BCUT2D eigenvalue weighted by Crippen LogP contribution is -2.50. The molecular formula is C21H24ClN3O. The first kappa shape index (κ1) is 18.5. The second kappa shape index (κ2) is 9.41. The first-order valence-corrected chi connectivity index (χ1v) is 9.30. The molecule has 0 saturated carbocycles. The van der Waals surface area contributed by atoms with E-state index in [0.717, 1.165) is 38.4 Å². The van der Waals surface area contributed by atoms with Gasteiger partial charge in [0, 0.05) is 32.7 Å². The summed E-state index contributed by atoms with van der Waals surface area (Å²) in [7, 11) is 0. The second-order valence-electron chi connectivity index (χ2n) is 6.33. The zero-order chi connectivity index (χ0) is 18.2. The average Bonchev–Trinajstić information content (AvgIpc) is 2.68. The lowest BCUT2D eigenvalue weighted by Gasteiger charge is -2.34. The van der Waals surface area contributed by atoms with Crippen LogP contribution in [0.2, 0.25) is 5.02 Å². The predicted octanol–water partition coefficient (Wildman–Crippen LogP) is 3.61. The van der Waals surface area contributed by atoms with Crippen LogP contribution in [0.5, 0.6) is 0 Å². The topological polar surface area (TPSA) is 35.6 Å². The van der Waals surface area contributed by atoms with Gasteiger partial charge in [0.15, 0.2) is 0 Å². The number of amides is 1. The van der Waals surface area contributed by atoms with E-state index in [4.69, 9.17) is 11.6 Å². The molecule has 5 heteroatoms. The van der Waals surface area contributed by atoms with Gasteiger partial charge in [-0.2, -0.15) is 0 Å². The molecule has 4 nitrogen and oxygen atoms in total. The van der Waals surface area contributed by atoms with Gasteiger partial charge in [-0.1, -0.05) is 66.2 Å². The Kier molecular flexibility index (Phi) is 6.69. The third-order valence-corrected chi connectivity index (χ3v) is 4.83. The molecule has 0 radical (unpaired) electrons. The van der Waals surface area contributed by atoms with Gasteiger partial charge in [0.05, 0.1) is 17.3 Å². The molecule has 1 saturated heterocycles. The Morgan fingerprint density at radius 1 is 1.00 bits per heavy atom. The second-order valence-corrected chi connectivity index (χ2v) is 6.74. The van der Waals surface area contributed by atoms with Crippen molar-refractivity contribution >= 4 is 29.3 Å². The van der Waals surface area contributed by atoms with Crippen molar-refractivity contribution in [1.29, 1.82) is 0 Å². The summed E-state index contributed by atoms with van der Waals surface area (Å²) in [5.41, 5.74) is 2.01. The molecule has 1 N–H and O–H groups in total. The summed E-state index contributed by atoms with van der Waals surface area (Å²) in [4.78, 5) is 16.7. The van der Waals surface area contributed by atoms with Crippen molar-refractivity contribution in [2.45, 2.75) is 0 Å². The molecule has 0 spiro atoms. The fourth-order valence-corrected chi connectivity index (χ4v) is 3.17. The van der Waals surface area contributed by atoms with E-state index >= 15 is 0 Å². The monoisotopic (exact) mass is 369 g/mol. The molecule has 1 heterocycles. The van der Waals surface area contributed by atoms with Gasteiger partial charge in [-0.05, 0) is 17.7 Å². The van der Waals surface area contributed by atoms with E-state index in [0.29, 0.717) is 5.02 Å². The fraction of sp³-hybridized carbons (Fsp3) is 0.286. The van der Waals surface area contributed by atoms with Gasteiger partial charge in [0.1, 0.15) is 0 Å². The highest BCUT2D eigenvalue weighted by molar-refractivity contribution is 6.33. The Hall–Kier alpha value is -2.30. The van der Waals surface area contributed by atoms with Gasteiger partial charge in [-0.25, -0.2) is 0 Å². The van der Waals surface area contributed by atoms with E-state index < -0.39 is 0 Å². The number of para-hydroxylation sites is 1. The number of carbonyl (C=O) groups is 1. The number of nitrogens with one attached hydrogen (secondary N) is 1. The highest BCUT2D eigenvalue weighted by atomic mass is 35.5. The van der Waals surface area contributed by atoms with Crippen molar-refractivity contribution < 1.29 is 4.79 Å². The summed E-state index contributed by atoms with van der Waals surface area (Å²) >= 11 is 6.10. The number of halogens is 1. The highest BCUT2D eigenvalue weighted by Gasteiger charge is 2.20. The van der Waals surface area contributed by atoms with E-state index in [-0.39, 0.29) is 12.5 Å². The molecule has 0 aromatic heterocycles. The van der Waals surface area contributed by atoms with Crippen LogP contribution < -0.4 is 5.32 Å². The molecule has 1 amide bonds. The Labute approximate surface area is 160 Å². The molecular weight excluding hydrogens is 346 g/mol. The Morgan fingerprint density at radius 3 is 2.42 bits per heavy atom. The first-order chi connectivity index (χ1) is 12.7. The molecule has 1 aliphatic rings. The van der Waals surface area contributed by atoms with Crippen LogP contribution in [-0.4, -0.2) is 55.0 Å². The molecule has 2 aromatic rings. The van der Waals surface area contributed by atoms with E-state index in [1.165, 1.54) is 5.56 Å². The fourth-order valence-electron chi connectivity index (χ4n) is 2.97. The van der Waals surface area contributed by atoms with E-state index in [1.807, 2.05) is 47.4 Å². The van der Waals surface area contributed by atoms with Gasteiger partial charge >= 0.3 is 0 Å². The summed E-state index contributed by atoms with van der Waals surface area (Å²) in [5, 5.41) is 3.76. The van der Waals surface area contributed by atoms with Crippen LogP contribution in [-0.2, 0) is 4.79 Å². The normalized spacial score (nSPS) is 15.3. The molecule has 0 aliphatic carbocycles. The summed E-state index contributed by atoms with van der Waals surface area (Å²) in [6.45, 7) is 4.52. The maximum absolute atomic E-state index is 12.4. The summed E-state index contributed by atoms with van der Waals surface area (Å²) in [6, 6.07) is 17.8. The number of rotatable bonds is 6. The quantitative estimate of drug-likeness (QED) is 0.844. The zero-order valence-corrected chi connectivity index (χ0v) is 15.5. The van der Waals surface area contributed by atoms with Gasteiger partial charge in [0.2, 0.25) is 5.91 Å². The molecule has 0 unspecified atom stereocenters. The lowest BCUT2D eigenvalue weighted by atomic mass is 10.2. The SMILES string of the molecule is O=C(CNc1ccccc1Cl)N1CCN(C/C=C/c2ccccc2)CC1. The molecule has 0 atom stereocenters. The Balaban J connectivity index is 1.39. The average molecular weight is 370 g/mol. The minimum atomic E-state index is 0.115. The van der Waals surface area contributed by atoms with E-state index in [2.05, 4.69) is 34.5 Å². The maximum Gasteiger partial charge on any atom is 0.241 e. The Morgan fingerprint density at radius 2 is 1.69 bits per heavy atom. The molecule has 2 aromatic carbocycles. The zero-order valence-electron chi connectivity index (χ0n) is 14.8. The van der Waals surface area contributed by atoms with Crippen molar-refractivity contribution in [1.82, 2.24) is 9.80 Å². The first-order valence-electron chi connectivity index (χ1n) is 8.92. The Bertz CT molecular complexity index is 740. The van der Waals surface area contributed by atoms with Crippen molar-refractivity contribution in [3.8, 4) is 0 Å². The maximum atomic E-state index is 12.4. The van der Waals surface area contributed by atoms with Gasteiger partial charge in [-0.3, -0.25) is 9.69 Å². The summed E-state index contributed by atoms with van der Waals surface area (Å²) < 4.78 is 0. The standard InChI is InChI=1S/C21H24ClN3O/c22-19-10-4-5-11-20(19)23-17-21(26)25-15-13-24(14-16-25)12-6-9-18-7-2-1-3-8-18/h1-11,23H,12-17H2/b9-6+. The minimum Gasteiger partial charge on any atom is -0.375 e. The molecule has 136 valence electrons. The van der Waals surface area contributed by atoms with Gasteiger partial charge < -0.3 is 10.2 Å². The van der Waals surface area contributed by atoms with Crippen molar-refractivity contribution in [2.24, 2.45) is 0 Å². The lowest BCUT2D eigenvalue weighted by molar-refractivity contribution is -0.130. The number of piperazine rings is 1. The summed E-state index contributed by atoms with van der Waals surface area (Å²) in [6.07, 6.45) is 4.33. The van der Waals surface area contributed by atoms with E-state index in [1.54, 1.807) is 0 Å². The van der Waals surface area contributed by atoms with Gasteiger partial charge in [0.25, 0.3) is 0 Å². The van der Waals surface area contributed by atoms with Crippen molar-refractivity contribution in [3.05, 3.63) is 71.3 Å². The largest absolute Gasteiger partial charge is 0.375 e. The van der Waals surface area contributed by atoms with Crippen molar-refractivity contribution in [2.75, 3.05) is 44.6 Å². The van der Waals surface area contributed by atoms with Gasteiger partial charge in [-0.15, -0.1) is 0 Å². The predicted molar refractivity (Wildman–Crippen MR) is 108 cm³/mol. The number of nitrogens with zero attached hydrogens (tertiary/aromatic N) is 2. The molecule has 1 aliphatic heterocycles. The minimum absolute atomic E-state index is 0.115. The van der Waals surface area contributed by atoms with Crippen LogP contribution >= 0.6 is 11.6 Å². The number of anilines is 1. The number of hydrogen-bond donors (Lipinski definition) is 1. The summed E-state index contributed by atoms with van der Waals surface area (Å²) in [5.74, 6) is 0.115. The van der Waals surface area contributed by atoms with Crippen molar-refractivity contribution in [3.63, 3.8) is 0 Å². The van der Waals surface area contributed by atoms with Crippen LogP contribution in [0.15, 0.2) is 60.7 Å². The molecule has 3 rings (SSSR count). The smallest absolute Gasteiger partial charge is 0.241 e. The van der Waals surface area contributed by atoms with E-state index in [9.17, 15) is 4.79 Å². The third-order valence-electron chi connectivity index (χ3n) is 4.50. The number of benzene rings is 2. The number of carbonyl (C=O) groups excluding carboxylic acids is 1. The van der Waals surface area contributed by atoms with Crippen LogP contribution in [0.4, 0.5) is 5.69 Å². The van der Waals surface area contributed by atoms with Crippen LogP contribution in [0.1, 0.15) is 5.56 Å². The number of hydrogen-bond acceptors (Lipinski definition) is 3. The van der Waals surface area contributed by atoms with Crippen LogP contribution in [0.25, 0.3) is 6.08 Å². The molecule has 0 bridgehead atoms.